The van der Waals surface area contributed by atoms with E-state index in [1.807, 2.05) is 12.1 Å². The summed E-state index contributed by atoms with van der Waals surface area (Å²) in [7, 11) is 1.70. The lowest BCUT2D eigenvalue weighted by Crippen LogP contribution is -2.51. The summed E-state index contributed by atoms with van der Waals surface area (Å²) in [5.74, 6) is 3.07. The number of nitrogens with two attached hydrogens (primary N) is 1. The molecule has 382 valence electrons. The molecule has 8 N–H and O–H groups in total. The minimum absolute atomic E-state index is 0.000747. The first-order valence-electron chi connectivity index (χ1n) is 26.9. The molecule has 71 heavy (non-hydrogen) atoms. The molecule has 10 aliphatic rings. The van der Waals surface area contributed by atoms with Gasteiger partial charge in [-0.05, 0) is 157 Å². The van der Waals surface area contributed by atoms with Crippen LogP contribution in [0.4, 0.5) is 0 Å². The number of nitrogens with one attached hydrogen (secondary N) is 1. The van der Waals surface area contributed by atoms with Gasteiger partial charge in [-0.2, -0.15) is 0 Å². The highest BCUT2D eigenvalue weighted by molar-refractivity contribution is 5.84. The van der Waals surface area contributed by atoms with E-state index in [2.05, 4.69) is 56.5 Å². The number of hydrogen-bond acceptors (Lipinski definition) is 12. The van der Waals surface area contributed by atoms with E-state index in [0.717, 1.165) is 91.0 Å². The number of carbonyl (C=O) groups is 1. The largest absolute Gasteiger partial charge is 0.508 e. The smallest absolute Gasteiger partial charge is 0.188 e. The van der Waals surface area contributed by atoms with E-state index in [9.17, 15) is 30.3 Å². The van der Waals surface area contributed by atoms with Gasteiger partial charge in [-0.15, -0.1) is 0 Å². The van der Waals surface area contributed by atoms with Gasteiger partial charge in [0.25, 0.3) is 0 Å². The highest BCUT2D eigenvalue weighted by atomic mass is 16.5. The molecule has 14 atom stereocenters. The zero-order chi connectivity index (χ0) is 49.7. The molecule has 14 unspecified atom stereocenters. The monoisotopic (exact) mass is 972 g/mol. The lowest BCUT2D eigenvalue weighted by Gasteiger charge is -2.47. The molecule has 5 aliphatic carbocycles. The van der Waals surface area contributed by atoms with Gasteiger partial charge in [0, 0.05) is 67.5 Å². The van der Waals surface area contributed by atoms with Crippen LogP contribution in [-0.2, 0) is 24.1 Å². The van der Waals surface area contributed by atoms with Gasteiger partial charge in [-0.1, -0.05) is 64.0 Å². The Morgan fingerprint density at radius 3 is 2.51 bits per heavy atom. The van der Waals surface area contributed by atoms with Gasteiger partial charge in [0.15, 0.2) is 17.5 Å². The Kier molecular flexibility index (Phi) is 14.3. The molecule has 5 aliphatic heterocycles. The second-order valence-corrected chi connectivity index (χ2v) is 23.0. The summed E-state index contributed by atoms with van der Waals surface area (Å²) in [5.41, 5.74) is 13.1. The molecular formula is C59H77N3O9. The molecule has 3 aromatic carbocycles. The quantitative estimate of drug-likeness (QED) is 0.0883. The van der Waals surface area contributed by atoms with E-state index in [0.29, 0.717) is 91.6 Å². The van der Waals surface area contributed by atoms with Crippen LogP contribution in [0.1, 0.15) is 125 Å². The Labute approximate surface area is 419 Å². The van der Waals surface area contributed by atoms with Crippen LogP contribution in [0.25, 0.3) is 11.1 Å². The van der Waals surface area contributed by atoms with E-state index in [-0.39, 0.29) is 71.2 Å². The van der Waals surface area contributed by atoms with E-state index < -0.39 is 18.3 Å². The predicted molar refractivity (Wildman–Crippen MR) is 275 cm³/mol. The average molecular weight is 972 g/mol. The summed E-state index contributed by atoms with van der Waals surface area (Å²) >= 11 is 0. The van der Waals surface area contributed by atoms with Crippen molar-refractivity contribution in [1.82, 2.24) is 5.32 Å². The molecule has 0 aromatic heterocycles. The molecule has 12 nitrogen and oxygen atoms in total. The van der Waals surface area contributed by atoms with Gasteiger partial charge in [0.1, 0.15) is 35.7 Å². The zero-order valence-corrected chi connectivity index (χ0v) is 42.1. The molecule has 0 radical (unpaired) electrons. The third-order valence-electron chi connectivity index (χ3n) is 18.3. The maximum atomic E-state index is 12.3. The standard InChI is InChI=1S/C59H77N3O9/c1-5-33-20-36-11-10-35(33)21-43(65)28-59(17-6-7-42(59)16-18-63)31-62-58(60)61-29-38-12-8-34-9-13-39(30-64)53(38)57(34)71-51-25-37(14-15-47(51)66)56-49(68)26-46-50(70-56)27-52(69-4)55-45-23-41(19-32(2)3)48(67)24-40(45)22-44(36)54(46)55/h8,10-12,14-15,18,23-25,27,32-36,38-39,42-44,49,53,56-57,64-68H,5-7,9,13,16-17,19-22,26,28-31H2,1-4H3,(H3,60,61,62). The number of ether oxygens (including phenoxy) is 3. The molecule has 0 amide bonds. The number of aliphatic hydroxyl groups is 3. The van der Waals surface area contributed by atoms with Gasteiger partial charge in [-0.3, -0.25) is 4.99 Å². The van der Waals surface area contributed by atoms with Crippen LogP contribution in [0.15, 0.2) is 65.7 Å². The Bertz CT molecular complexity index is 2540. The Hall–Kier alpha value is -5.04. The van der Waals surface area contributed by atoms with E-state index in [1.54, 1.807) is 25.3 Å². The highest BCUT2D eigenvalue weighted by Gasteiger charge is 2.48. The van der Waals surface area contributed by atoms with Crippen LogP contribution < -0.4 is 25.3 Å². The molecule has 12 heteroatoms. The number of fused-ring (bicyclic) bond motifs is 2. The normalized spacial score (nSPS) is 34.3. The third-order valence-corrected chi connectivity index (χ3v) is 18.3. The van der Waals surface area contributed by atoms with Crippen molar-refractivity contribution in [2.24, 2.45) is 69.4 Å². The molecule has 1 spiro atoms. The number of hydrogen-bond donors (Lipinski definition) is 7. The molecule has 3 aromatic rings. The van der Waals surface area contributed by atoms with E-state index in [4.69, 9.17) is 24.9 Å². The number of allylic oxidation sites excluding steroid dienone is 2. The first-order valence-corrected chi connectivity index (χ1v) is 26.9. The van der Waals surface area contributed by atoms with Crippen molar-refractivity contribution >= 4 is 12.2 Å². The van der Waals surface area contributed by atoms with Crippen LogP contribution in [-0.4, -0.2) is 82.9 Å². The van der Waals surface area contributed by atoms with Gasteiger partial charge < -0.3 is 55.6 Å². The zero-order valence-electron chi connectivity index (χ0n) is 42.1. The maximum absolute atomic E-state index is 12.3. The van der Waals surface area contributed by atoms with Gasteiger partial charge in [-0.25, -0.2) is 0 Å². The number of rotatable bonds is 7. The van der Waals surface area contributed by atoms with Gasteiger partial charge >= 0.3 is 0 Å². The number of phenols is 2. The summed E-state index contributed by atoms with van der Waals surface area (Å²) in [6.45, 7) is 7.44. The number of aromatic hydroxyl groups is 2. The lowest BCUT2D eigenvalue weighted by atomic mass is 9.63. The Morgan fingerprint density at radius 1 is 0.930 bits per heavy atom. The summed E-state index contributed by atoms with van der Waals surface area (Å²) < 4.78 is 20.2. The first-order chi connectivity index (χ1) is 34.3. The summed E-state index contributed by atoms with van der Waals surface area (Å²) in [4.78, 5) is 17.1. The number of benzene rings is 3. The van der Waals surface area contributed by atoms with Crippen molar-refractivity contribution in [3.63, 3.8) is 0 Å². The number of aliphatic hydroxyl groups excluding tert-OH is 3. The van der Waals surface area contributed by atoms with Crippen molar-refractivity contribution in [1.29, 1.82) is 0 Å². The molecule has 12 bridgehead atoms. The van der Waals surface area contributed by atoms with E-state index >= 15 is 0 Å². The predicted octanol–water partition coefficient (Wildman–Crippen LogP) is 8.87. The number of aldehydes is 1. The Morgan fingerprint density at radius 2 is 1.73 bits per heavy atom. The fourth-order valence-electron chi connectivity index (χ4n) is 14.8. The fourth-order valence-corrected chi connectivity index (χ4v) is 14.8. The van der Waals surface area contributed by atoms with Gasteiger partial charge in [0.2, 0.25) is 0 Å². The van der Waals surface area contributed by atoms with Gasteiger partial charge in [0.05, 0.1) is 19.3 Å². The fraction of sp³-hybridized carbons (Fsp3) is 0.593. The van der Waals surface area contributed by atoms with Crippen LogP contribution >= 0.6 is 0 Å². The minimum atomic E-state index is -0.932. The number of carbonyl (C=O) groups excluding carboxylic acids is 1. The first kappa shape index (κ1) is 49.5. The van der Waals surface area contributed by atoms with Crippen LogP contribution in [0.5, 0.6) is 28.7 Å². The topological polar surface area (TPSA) is 196 Å². The summed E-state index contributed by atoms with van der Waals surface area (Å²) in [5, 5.41) is 61.6. The molecule has 5 heterocycles. The maximum Gasteiger partial charge on any atom is 0.188 e. The van der Waals surface area contributed by atoms with Crippen LogP contribution in [0.3, 0.4) is 0 Å². The average Bonchev–Trinajstić information content (AvgIpc) is 3.74. The number of guanidine groups is 1. The second-order valence-electron chi connectivity index (χ2n) is 23.0. The Balaban J connectivity index is 1.09. The third kappa shape index (κ3) is 9.46. The number of aliphatic imine (C=N–C) groups is 1. The van der Waals surface area contributed by atoms with Crippen molar-refractivity contribution < 1.29 is 44.5 Å². The number of nitrogens with zero attached hydrogens (tertiary/aromatic N) is 1. The van der Waals surface area contributed by atoms with E-state index in [1.165, 1.54) is 0 Å². The molecule has 0 saturated heterocycles. The minimum Gasteiger partial charge on any atom is -0.508 e. The summed E-state index contributed by atoms with van der Waals surface area (Å²) in [6.07, 6.45) is 17.1. The van der Waals surface area contributed by atoms with Crippen molar-refractivity contribution in [3.05, 3.63) is 88.5 Å². The molecule has 2 fully saturated rings. The van der Waals surface area contributed by atoms with Crippen molar-refractivity contribution in [2.75, 3.05) is 26.8 Å². The SMILES string of the molecule is CCC1CC2C=CC1CC(O)CC1(CCCC1CC=O)CN=C(N)NCC1C=CC3CCC(CO)C1C3Oc1cc(ccc1O)C1Oc3cc(OC)c4c(c3CC1O)C2Cc1cc(O)c(CC(C)C)cc1-4. The number of phenolic OH excluding ortho intramolecular Hbond substituents is 2. The molecular weight excluding hydrogens is 895 g/mol. The molecule has 13 rings (SSSR count). The number of methoxy groups -OCH3 is 1. The lowest BCUT2D eigenvalue weighted by molar-refractivity contribution is -0.109. The second kappa shape index (κ2) is 20.5. The van der Waals surface area contributed by atoms with Crippen molar-refractivity contribution in [3.8, 4) is 39.9 Å². The highest BCUT2D eigenvalue weighted by Crippen LogP contribution is 2.57. The summed E-state index contributed by atoms with van der Waals surface area (Å²) in [6, 6.07) is 11.3. The molecule has 2 saturated carbocycles. The van der Waals surface area contributed by atoms with Crippen LogP contribution in [0.2, 0.25) is 0 Å². The van der Waals surface area contributed by atoms with Crippen molar-refractivity contribution in [2.45, 2.75) is 135 Å². The van der Waals surface area contributed by atoms with Crippen LogP contribution in [0, 0.1) is 58.7 Å².